The Hall–Kier alpha value is -3.84. The SMILES string of the molecule is Cc1c(F)c(F)c(F)c(S(=O)(=O)C2NCC[C@@H]2C(=O)N(Cc2ccc(C3CCCCC3)cc2)c2ccc(C(=O)O)cc2F)c1F. The van der Waals surface area contributed by atoms with E-state index in [0.29, 0.717) is 11.5 Å². The number of benzene rings is 3. The van der Waals surface area contributed by atoms with Crippen LogP contribution in [-0.4, -0.2) is 37.3 Å². The Morgan fingerprint density at radius 1 is 0.889 bits per heavy atom. The number of amides is 1. The average Bonchev–Trinajstić information content (AvgIpc) is 3.54. The third-order valence-corrected chi connectivity index (χ3v) is 10.8. The largest absolute Gasteiger partial charge is 0.478 e. The summed E-state index contributed by atoms with van der Waals surface area (Å²) in [5, 5.41) is 9.86. The van der Waals surface area contributed by atoms with Crippen LogP contribution in [0.2, 0.25) is 0 Å². The molecule has 1 saturated heterocycles. The van der Waals surface area contributed by atoms with Crippen molar-refractivity contribution in [3.63, 3.8) is 0 Å². The number of sulfone groups is 1. The lowest BCUT2D eigenvalue weighted by Gasteiger charge is -2.29. The van der Waals surface area contributed by atoms with Crippen LogP contribution in [0.15, 0.2) is 47.4 Å². The number of carbonyl (C=O) groups excluding carboxylic acids is 1. The number of aromatic carboxylic acids is 1. The Morgan fingerprint density at radius 2 is 1.56 bits per heavy atom. The van der Waals surface area contributed by atoms with E-state index < -0.39 is 72.6 Å². The Morgan fingerprint density at radius 3 is 2.18 bits per heavy atom. The highest BCUT2D eigenvalue weighted by atomic mass is 32.2. The van der Waals surface area contributed by atoms with Crippen molar-refractivity contribution in [1.29, 1.82) is 0 Å². The molecule has 240 valence electrons. The van der Waals surface area contributed by atoms with Gasteiger partial charge in [-0.25, -0.2) is 35.2 Å². The maximum absolute atomic E-state index is 15.4. The van der Waals surface area contributed by atoms with Crippen molar-refractivity contribution in [2.45, 2.75) is 68.2 Å². The van der Waals surface area contributed by atoms with Gasteiger partial charge in [-0.15, -0.1) is 0 Å². The van der Waals surface area contributed by atoms with Gasteiger partial charge < -0.3 is 15.3 Å². The number of halogens is 5. The van der Waals surface area contributed by atoms with Gasteiger partial charge in [-0.2, -0.15) is 0 Å². The lowest BCUT2D eigenvalue weighted by Crippen LogP contribution is -2.45. The van der Waals surface area contributed by atoms with E-state index in [1.807, 2.05) is 12.1 Å². The van der Waals surface area contributed by atoms with Crippen LogP contribution in [0.5, 0.6) is 0 Å². The second kappa shape index (κ2) is 12.9. The number of hydrogen-bond donors (Lipinski definition) is 2. The van der Waals surface area contributed by atoms with Crippen molar-refractivity contribution < 1.29 is 45.1 Å². The van der Waals surface area contributed by atoms with E-state index in [-0.39, 0.29) is 30.8 Å². The van der Waals surface area contributed by atoms with E-state index in [2.05, 4.69) is 5.32 Å². The number of anilines is 1. The summed E-state index contributed by atoms with van der Waals surface area (Å²) in [5.41, 5.74) is -0.102. The smallest absolute Gasteiger partial charge is 0.335 e. The third kappa shape index (κ3) is 6.19. The minimum atomic E-state index is -5.18. The summed E-state index contributed by atoms with van der Waals surface area (Å²) in [5.74, 6) is -12.7. The fourth-order valence-electron chi connectivity index (χ4n) is 6.21. The molecule has 1 heterocycles. The van der Waals surface area contributed by atoms with E-state index in [1.165, 1.54) is 6.42 Å². The molecular formula is C32H31F5N2O5S. The summed E-state index contributed by atoms with van der Waals surface area (Å²) in [6, 6.07) is 10.3. The first-order valence-corrected chi connectivity index (χ1v) is 16.1. The first kappa shape index (κ1) is 32.6. The molecule has 0 radical (unpaired) electrons. The average molecular weight is 651 g/mol. The molecule has 2 aliphatic rings. The quantitative estimate of drug-likeness (QED) is 0.127. The third-order valence-electron chi connectivity index (χ3n) is 8.69. The number of rotatable bonds is 8. The minimum Gasteiger partial charge on any atom is -0.478 e. The van der Waals surface area contributed by atoms with Gasteiger partial charge in [0.15, 0.2) is 23.3 Å². The lowest BCUT2D eigenvalue weighted by molar-refractivity contribution is -0.122. The van der Waals surface area contributed by atoms with Gasteiger partial charge in [-0.3, -0.25) is 4.79 Å². The maximum Gasteiger partial charge on any atom is 0.335 e. The van der Waals surface area contributed by atoms with Gasteiger partial charge in [-0.1, -0.05) is 43.5 Å². The van der Waals surface area contributed by atoms with Crippen LogP contribution in [0, 0.1) is 41.9 Å². The van der Waals surface area contributed by atoms with Gasteiger partial charge in [0, 0.05) is 5.56 Å². The van der Waals surface area contributed by atoms with Gasteiger partial charge in [0.05, 0.1) is 23.7 Å². The molecular weight excluding hydrogens is 619 g/mol. The Bertz CT molecular complexity index is 1710. The van der Waals surface area contributed by atoms with Crippen molar-refractivity contribution >= 4 is 27.4 Å². The molecule has 0 bridgehead atoms. The van der Waals surface area contributed by atoms with E-state index in [4.69, 9.17) is 0 Å². The van der Waals surface area contributed by atoms with E-state index in [1.54, 1.807) is 12.1 Å². The zero-order valence-electron chi connectivity index (χ0n) is 24.3. The molecule has 5 rings (SSSR count). The molecule has 13 heteroatoms. The molecule has 0 aromatic heterocycles. The molecule has 1 aliphatic heterocycles. The molecule has 7 nitrogen and oxygen atoms in total. The normalized spacial score (nSPS) is 19.1. The maximum atomic E-state index is 15.4. The Labute approximate surface area is 257 Å². The number of carboxylic acid groups (broad SMARTS) is 1. The standard InChI is InChI=1S/C32H31F5N2O5S/c1-17-25(34)27(36)28(37)29(26(17)35)45(43,44)30-22(13-14-38-30)31(40)39(24-12-11-21(32(41)42)15-23(24)33)16-18-7-9-20(10-8-18)19-5-3-2-4-6-19/h7-12,15,19,22,30,38H,2-6,13-14,16H2,1H3,(H,41,42)/t22-,30?/m0/s1. The van der Waals surface area contributed by atoms with Crippen LogP contribution >= 0.6 is 0 Å². The van der Waals surface area contributed by atoms with E-state index in [9.17, 15) is 40.7 Å². The summed E-state index contributed by atoms with van der Waals surface area (Å²) in [6.07, 6.45) is 5.37. The van der Waals surface area contributed by atoms with Crippen molar-refractivity contribution in [2.24, 2.45) is 5.92 Å². The first-order valence-electron chi connectivity index (χ1n) is 14.6. The van der Waals surface area contributed by atoms with Crippen molar-refractivity contribution in [3.8, 4) is 0 Å². The molecule has 2 atom stereocenters. The van der Waals surface area contributed by atoms with Gasteiger partial charge >= 0.3 is 5.97 Å². The molecule has 3 aromatic rings. The number of nitrogens with zero attached hydrogens (tertiary/aromatic N) is 1. The summed E-state index contributed by atoms with van der Waals surface area (Å²) >= 11 is 0. The molecule has 2 N–H and O–H groups in total. The lowest BCUT2D eigenvalue weighted by atomic mass is 9.84. The van der Waals surface area contributed by atoms with Crippen molar-refractivity contribution in [1.82, 2.24) is 5.32 Å². The molecule has 3 aromatic carbocycles. The van der Waals surface area contributed by atoms with Crippen LogP contribution in [0.3, 0.4) is 0 Å². The number of carboxylic acids is 1. The minimum absolute atomic E-state index is 0.101. The van der Waals surface area contributed by atoms with Crippen LogP contribution in [-0.2, 0) is 21.2 Å². The fraction of sp³-hybridized carbons (Fsp3) is 0.375. The number of carbonyl (C=O) groups is 2. The number of hydrogen-bond acceptors (Lipinski definition) is 5. The summed E-state index contributed by atoms with van der Waals surface area (Å²) in [7, 11) is -5.18. The highest BCUT2D eigenvalue weighted by Gasteiger charge is 2.47. The zero-order chi connectivity index (χ0) is 32.6. The Balaban J connectivity index is 1.52. The highest BCUT2D eigenvalue weighted by molar-refractivity contribution is 7.92. The summed E-state index contributed by atoms with van der Waals surface area (Å²) in [4.78, 5) is 24.8. The van der Waals surface area contributed by atoms with Crippen molar-refractivity contribution in [2.75, 3.05) is 11.4 Å². The Kier molecular flexibility index (Phi) is 9.31. The monoisotopic (exact) mass is 650 g/mol. The molecule has 0 spiro atoms. The second-order valence-corrected chi connectivity index (χ2v) is 13.5. The first-order chi connectivity index (χ1) is 21.3. The van der Waals surface area contributed by atoms with E-state index in [0.717, 1.165) is 61.3 Å². The van der Waals surface area contributed by atoms with Gasteiger partial charge in [0.1, 0.15) is 16.1 Å². The molecule has 1 unspecified atom stereocenters. The van der Waals surface area contributed by atoms with Gasteiger partial charge in [0.2, 0.25) is 15.7 Å². The molecule has 1 saturated carbocycles. The van der Waals surface area contributed by atoms with Gasteiger partial charge in [0.25, 0.3) is 0 Å². The highest BCUT2D eigenvalue weighted by Crippen LogP contribution is 2.36. The summed E-state index contributed by atoms with van der Waals surface area (Å²) < 4.78 is 100. The van der Waals surface area contributed by atoms with E-state index >= 15 is 4.39 Å². The van der Waals surface area contributed by atoms with Crippen molar-refractivity contribution in [3.05, 3.63) is 93.8 Å². The molecule has 2 fully saturated rings. The van der Waals surface area contributed by atoms with Crippen LogP contribution in [0.4, 0.5) is 27.6 Å². The summed E-state index contributed by atoms with van der Waals surface area (Å²) in [6.45, 7) is 0.404. The van der Waals surface area contributed by atoms with Crippen LogP contribution < -0.4 is 10.2 Å². The van der Waals surface area contributed by atoms with Gasteiger partial charge in [-0.05, 0) is 68.0 Å². The number of nitrogens with one attached hydrogen (secondary N) is 1. The molecule has 45 heavy (non-hydrogen) atoms. The van der Waals surface area contributed by atoms with Crippen LogP contribution in [0.1, 0.15) is 71.5 Å². The molecule has 1 aliphatic carbocycles. The van der Waals surface area contributed by atoms with Crippen LogP contribution in [0.25, 0.3) is 0 Å². The predicted octanol–water partition coefficient (Wildman–Crippen LogP) is 6.38. The predicted molar refractivity (Wildman–Crippen MR) is 155 cm³/mol. The zero-order valence-corrected chi connectivity index (χ0v) is 25.1. The molecule has 1 amide bonds. The fourth-order valence-corrected chi connectivity index (χ4v) is 8.23. The second-order valence-electron chi connectivity index (χ2n) is 11.5. The topological polar surface area (TPSA) is 104 Å².